The van der Waals surface area contributed by atoms with Crippen molar-refractivity contribution in [1.82, 2.24) is 16.0 Å². The number of halogens is 1. The van der Waals surface area contributed by atoms with Gasteiger partial charge in [-0.2, -0.15) is 0 Å². The van der Waals surface area contributed by atoms with Crippen LogP contribution in [0.2, 0.25) is 4.34 Å². The number of thiophene rings is 1. The third-order valence-electron chi connectivity index (χ3n) is 2.79. The number of hydrogen-bond donors (Lipinski definition) is 3. The lowest BCUT2D eigenvalue weighted by atomic mass is 10.2. The third kappa shape index (κ3) is 5.79. The van der Waals surface area contributed by atoms with Crippen LogP contribution >= 0.6 is 22.9 Å². The van der Waals surface area contributed by atoms with Crippen LogP contribution < -0.4 is 16.0 Å². The average molecular weight is 318 g/mol. The maximum Gasteiger partial charge on any atom is 0.315 e. The Balaban J connectivity index is 2.32. The molecule has 0 aromatic carbocycles. The summed E-state index contributed by atoms with van der Waals surface area (Å²) in [7, 11) is 0. The zero-order valence-corrected chi connectivity index (χ0v) is 13.4. The number of carbonyl (C=O) groups is 2. The van der Waals surface area contributed by atoms with Crippen LogP contribution in [0, 0.1) is 0 Å². The van der Waals surface area contributed by atoms with E-state index in [1.807, 2.05) is 19.9 Å². The highest BCUT2D eigenvalue weighted by atomic mass is 35.5. The van der Waals surface area contributed by atoms with Crippen molar-refractivity contribution in [2.45, 2.75) is 45.8 Å². The molecule has 0 saturated heterocycles. The molecule has 1 rings (SSSR count). The van der Waals surface area contributed by atoms with Crippen LogP contribution in [-0.4, -0.2) is 24.0 Å². The third-order valence-corrected chi connectivity index (χ3v) is 4.03. The van der Waals surface area contributed by atoms with Crippen LogP contribution in [0.25, 0.3) is 0 Å². The van der Waals surface area contributed by atoms with E-state index in [0.29, 0.717) is 10.9 Å². The second-order valence-electron chi connectivity index (χ2n) is 4.57. The second kappa shape index (κ2) is 8.11. The van der Waals surface area contributed by atoms with Crippen molar-refractivity contribution >= 4 is 34.9 Å². The standard InChI is InChI=1S/C13H20ClN3O2S/c1-4-8(2)16-12(18)9(3)17-13(19)15-7-10-5-6-11(14)20-10/h5-6,8-9H,4,7H2,1-3H3,(H,16,18)(H2,15,17,19)/t8-,9-/m1/s1. The first-order valence-electron chi connectivity index (χ1n) is 6.51. The fraction of sp³-hybridized carbons (Fsp3) is 0.538. The summed E-state index contributed by atoms with van der Waals surface area (Å²) in [4.78, 5) is 24.4. The van der Waals surface area contributed by atoms with Gasteiger partial charge in [0.1, 0.15) is 6.04 Å². The Hall–Kier alpha value is -1.27. The van der Waals surface area contributed by atoms with Crippen LogP contribution in [0.5, 0.6) is 0 Å². The summed E-state index contributed by atoms with van der Waals surface area (Å²) in [5.74, 6) is -0.186. The normalized spacial score (nSPS) is 13.4. The predicted molar refractivity (Wildman–Crippen MR) is 82.1 cm³/mol. The minimum Gasteiger partial charge on any atom is -0.352 e. The van der Waals surface area contributed by atoms with Gasteiger partial charge >= 0.3 is 6.03 Å². The zero-order valence-electron chi connectivity index (χ0n) is 11.8. The van der Waals surface area contributed by atoms with E-state index in [1.165, 1.54) is 11.3 Å². The van der Waals surface area contributed by atoms with E-state index in [0.717, 1.165) is 11.3 Å². The minimum atomic E-state index is -0.573. The molecule has 0 saturated carbocycles. The summed E-state index contributed by atoms with van der Waals surface area (Å²) in [6, 6.07) is 2.79. The number of nitrogens with one attached hydrogen (secondary N) is 3. The molecular weight excluding hydrogens is 298 g/mol. The van der Waals surface area contributed by atoms with E-state index in [4.69, 9.17) is 11.6 Å². The van der Waals surface area contributed by atoms with Gasteiger partial charge in [-0.15, -0.1) is 11.3 Å². The van der Waals surface area contributed by atoms with Gasteiger partial charge in [-0.25, -0.2) is 4.79 Å². The molecule has 3 N–H and O–H groups in total. The van der Waals surface area contributed by atoms with E-state index in [-0.39, 0.29) is 18.0 Å². The van der Waals surface area contributed by atoms with Gasteiger partial charge in [-0.05, 0) is 32.4 Å². The van der Waals surface area contributed by atoms with E-state index < -0.39 is 6.04 Å². The highest BCUT2D eigenvalue weighted by Gasteiger charge is 2.16. The number of urea groups is 1. The first-order valence-corrected chi connectivity index (χ1v) is 7.70. The Morgan fingerprint density at radius 2 is 2.00 bits per heavy atom. The molecular formula is C13H20ClN3O2S. The minimum absolute atomic E-state index is 0.100. The second-order valence-corrected chi connectivity index (χ2v) is 6.37. The highest BCUT2D eigenvalue weighted by molar-refractivity contribution is 7.16. The van der Waals surface area contributed by atoms with Crippen molar-refractivity contribution in [3.8, 4) is 0 Å². The first kappa shape index (κ1) is 16.8. The van der Waals surface area contributed by atoms with Crippen molar-refractivity contribution in [1.29, 1.82) is 0 Å². The molecule has 112 valence electrons. The Bertz CT molecular complexity index is 464. The Morgan fingerprint density at radius 3 is 2.55 bits per heavy atom. The number of hydrogen-bond acceptors (Lipinski definition) is 3. The largest absolute Gasteiger partial charge is 0.352 e. The summed E-state index contributed by atoms with van der Waals surface area (Å²) in [5.41, 5.74) is 0. The van der Waals surface area contributed by atoms with Gasteiger partial charge in [0.25, 0.3) is 0 Å². The number of rotatable bonds is 6. The Morgan fingerprint density at radius 1 is 1.30 bits per heavy atom. The summed E-state index contributed by atoms with van der Waals surface area (Å²) < 4.78 is 0.684. The van der Waals surface area contributed by atoms with Gasteiger partial charge in [0.05, 0.1) is 10.9 Å². The summed E-state index contributed by atoms with van der Waals surface area (Å²) in [5, 5.41) is 8.10. The van der Waals surface area contributed by atoms with Gasteiger partial charge in [-0.1, -0.05) is 18.5 Å². The molecule has 2 atom stereocenters. The molecule has 0 bridgehead atoms. The molecule has 1 aromatic heterocycles. The molecule has 1 aromatic rings. The van der Waals surface area contributed by atoms with Crippen molar-refractivity contribution in [3.05, 3.63) is 21.3 Å². The van der Waals surface area contributed by atoms with Crippen LogP contribution in [-0.2, 0) is 11.3 Å². The Kier molecular flexibility index (Phi) is 6.81. The van der Waals surface area contributed by atoms with Crippen LogP contribution in [0.1, 0.15) is 32.1 Å². The molecule has 1 heterocycles. The van der Waals surface area contributed by atoms with Crippen molar-refractivity contribution < 1.29 is 9.59 Å². The first-order chi connectivity index (χ1) is 9.42. The van der Waals surface area contributed by atoms with E-state index in [2.05, 4.69) is 16.0 Å². The molecule has 0 radical (unpaired) electrons. The van der Waals surface area contributed by atoms with Crippen LogP contribution in [0.4, 0.5) is 4.79 Å². The van der Waals surface area contributed by atoms with Gasteiger partial charge in [-0.3, -0.25) is 4.79 Å². The fourth-order valence-corrected chi connectivity index (χ4v) is 2.42. The van der Waals surface area contributed by atoms with Crippen LogP contribution in [0.3, 0.4) is 0 Å². The fourth-order valence-electron chi connectivity index (χ4n) is 1.40. The molecule has 0 aliphatic rings. The highest BCUT2D eigenvalue weighted by Crippen LogP contribution is 2.20. The summed E-state index contributed by atoms with van der Waals surface area (Å²) >= 11 is 7.21. The van der Waals surface area contributed by atoms with Crippen molar-refractivity contribution in [3.63, 3.8) is 0 Å². The maximum absolute atomic E-state index is 11.8. The summed E-state index contributed by atoms with van der Waals surface area (Å²) in [6.07, 6.45) is 0.851. The van der Waals surface area contributed by atoms with Gasteiger partial charge < -0.3 is 16.0 Å². The molecule has 0 spiro atoms. The van der Waals surface area contributed by atoms with Gasteiger partial charge in [0.2, 0.25) is 5.91 Å². The van der Waals surface area contributed by atoms with E-state index in [1.54, 1.807) is 13.0 Å². The molecule has 0 aliphatic carbocycles. The number of carbonyl (C=O) groups excluding carboxylic acids is 2. The SMILES string of the molecule is CC[C@@H](C)NC(=O)[C@@H](C)NC(=O)NCc1ccc(Cl)s1. The maximum atomic E-state index is 11.8. The lowest BCUT2D eigenvalue weighted by Gasteiger charge is -2.17. The van der Waals surface area contributed by atoms with Crippen molar-refractivity contribution in [2.24, 2.45) is 0 Å². The molecule has 5 nitrogen and oxygen atoms in total. The topological polar surface area (TPSA) is 70.2 Å². The molecule has 0 aliphatic heterocycles. The molecule has 7 heteroatoms. The van der Waals surface area contributed by atoms with Gasteiger partial charge in [0, 0.05) is 10.9 Å². The quantitative estimate of drug-likeness (QED) is 0.754. The smallest absolute Gasteiger partial charge is 0.315 e. The van der Waals surface area contributed by atoms with Crippen LogP contribution in [0.15, 0.2) is 12.1 Å². The molecule has 0 unspecified atom stereocenters. The average Bonchev–Trinajstić information content (AvgIpc) is 2.81. The Labute approximate surface area is 128 Å². The molecule has 3 amide bonds. The lowest BCUT2D eigenvalue weighted by Crippen LogP contribution is -2.49. The van der Waals surface area contributed by atoms with Crippen molar-refractivity contribution in [2.75, 3.05) is 0 Å². The van der Waals surface area contributed by atoms with E-state index >= 15 is 0 Å². The predicted octanol–water partition coefficient (Wildman–Crippen LogP) is 2.50. The molecule has 0 fully saturated rings. The van der Waals surface area contributed by atoms with E-state index in [9.17, 15) is 9.59 Å². The van der Waals surface area contributed by atoms with Gasteiger partial charge in [0.15, 0.2) is 0 Å². The lowest BCUT2D eigenvalue weighted by molar-refractivity contribution is -0.123. The molecule has 20 heavy (non-hydrogen) atoms. The summed E-state index contributed by atoms with van der Waals surface area (Å²) in [6.45, 7) is 5.95. The zero-order chi connectivity index (χ0) is 15.1. The number of amides is 3. The monoisotopic (exact) mass is 317 g/mol.